The maximum absolute atomic E-state index is 12.7. The van der Waals surface area contributed by atoms with Crippen molar-refractivity contribution in [3.8, 4) is 11.4 Å². The van der Waals surface area contributed by atoms with Crippen molar-refractivity contribution in [1.82, 2.24) is 14.5 Å². The Bertz CT molecular complexity index is 893. The maximum Gasteiger partial charge on any atom is 0.255 e. The van der Waals surface area contributed by atoms with Gasteiger partial charge in [-0.25, -0.2) is 4.98 Å². The summed E-state index contributed by atoms with van der Waals surface area (Å²) in [5, 5.41) is 0.971. The maximum atomic E-state index is 12.7. The van der Waals surface area contributed by atoms with E-state index in [0.717, 1.165) is 48.4 Å². The summed E-state index contributed by atoms with van der Waals surface area (Å²) in [6, 6.07) is 11.8. The molecule has 128 valence electrons. The number of hydrogen-bond donors (Lipinski definition) is 0. The Hall–Kier alpha value is -2.82. The van der Waals surface area contributed by atoms with Gasteiger partial charge < -0.3 is 14.2 Å². The number of methoxy groups -OCH3 is 1. The first-order valence-corrected chi connectivity index (χ1v) is 8.67. The van der Waals surface area contributed by atoms with E-state index in [1.54, 1.807) is 13.3 Å². The number of nitrogens with zero attached hydrogens (tertiary/aromatic N) is 3. The summed E-state index contributed by atoms with van der Waals surface area (Å²) in [6.45, 7) is 1.70. The summed E-state index contributed by atoms with van der Waals surface area (Å²) < 4.78 is 7.22. The molecule has 1 amide bonds. The number of aromatic nitrogens is 2. The van der Waals surface area contributed by atoms with Gasteiger partial charge >= 0.3 is 0 Å². The van der Waals surface area contributed by atoms with Gasteiger partial charge in [-0.15, -0.1) is 0 Å². The molecule has 0 N–H and O–H groups in total. The topological polar surface area (TPSA) is 47.4 Å². The molecule has 1 fully saturated rings. The van der Waals surface area contributed by atoms with Crippen LogP contribution in [0.25, 0.3) is 16.7 Å². The second-order valence-corrected chi connectivity index (χ2v) is 6.37. The zero-order valence-corrected chi connectivity index (χ0v) is 14.3. The molecule has 0 radical (unpaired) electrons. The number of likely N-dealkylation sites (tertiary alicyclic amines) is 1. The van der Waals surface area contributed by atoms with Crippen LogP contribution in [0.15, 0.2) is 48.8 Å². The van der Waals surface area contributed by atoms with Gasteiger partial charge in [-0.1, -0.05) is 0 Å². The lowest BCUT2D eigenvalue weighted by Gasteiger charge is -2.26. The average Bonchev–Trinajstić information content (AvgIpc) is 3.11. The number of fused-ring (bicyclic) bond motifs is 1. The third-order valence-corrected chi connectivity index (χ3v) is 4.77. The summed E-state index contributed by atoms with van der Waals surface area (Å²) in [7, 11) is 1.66. The molecule has 4 rings (SSSR count). The number of benzene rings is 1. The first-order chi connectivity index (χ1) is 12.3. The summed E-state index contributed by atoms with van der Waals surface area (Å²) >= 11 is 0. The zero-order valence-electron chi connectivity index (χ0n) is 14.3. The number of pyridine rings is 1. The second kappa shape index (κ2) is 6.59. The van der Waals surface area contributed by atoms with Crippen LogP contribution >= 0.6 is 0 Å². The molecule has 1 aromatic carbocycles. The molecule has 0 aliphatic carbocycles. The molecule has 3 heterocycles. The molecular formula is C20H21N3O2. The van der Waals surface area contributed by atoms with Crippen molar-refractivity contribution in [3.63, 3.8) is 0 Å². The summed E-state index contributed by atoms with van der Waals surface area (Å²) in [5.74, 6) is 0.911. The molecule has 0 saturated carbocycles. The molecule has 5 nitrogen and oxygen atoms in total. The van der Waals surface area contributed by atoms with E-state index >= 15 is 0 Å². The van der Waals surface area contributed by atoms with Crippen LogP contribution in [-0.4, -0.2) is 40.6 Å². The van der Waals surface area contributed by atoms with Gasteiger partial charge in [-0.3, -0.25) is 4.79 Å². The Balaban J connectivity index is 1.65. The Kier molecular flexibility index (Phi) is 4.14. The van der Waals surface area contributed by atoms with Crippen LogP contribution in [0.4, 0.5) is 0 Å². The Morgan fingerprint density at radius 2 is 1.84 bits per heavy atom. The van der Waals surface area contributed by atoms with Gasteiger partial charge in [0.05, 0.1) is 12.7 Å². The van der Waals surface area contributed by atoms with Gasteiger partial charge in [-0.05, 0) is 55.7 Å². The lowest BCUT2D eigenvalue weighted by atomic mass is 10.1. The van der Waals surface area contributed by atoms with E-state index in [1.165, 1.54) is 6.42 Å². The number of amides is 1. The van der Waals surface area contributed by atoms with Crippen LogP contribution in [-0.2, 0) is 0 Å². The number of piperidine rings is 1. The van der Waals surface area contributed by atoms with Gasteiger partial charge in [-0.2, -0.15) is 0 Å². The molecule has 25 heavy (non-hydrogen) atoms. The van der Waals surface area contributed by atoms with Crippen molar-refractivity contribution in [2.45, 2.75) is 19.3 Å². The first-order valence-electron chi connectivity index (χ1n) is 8.67. The van der Waals surface area contributed by atoms with E-state index in [0.29, 0.717) is 5.56 Å². The van der Waals surface area contributed by atoms with E-state index in [4.69, 9.17) is 4.74 Å². The summed E-state index contributed by atoms with van der Waals surface area (Å²) in [6.07, 6.45) is 7.07. The fraction of sp³-hybridized carbons (Fsp3) is 0.300. The molecule has 5 heteroatoms. The highest BCUT2D eigenvalue weighted by Crippen LogP contribution is 2.22. The van der Waals surface area contributed by atoms with Crippen LogP contribution in [0.5, 0.6) is 5.75 Å². The lowest BCUT2D eigenvalue weighted by molar-refractivity contribution is 0.0724. The standard InChI is InChI=1S/C20H21N3O2/c1-25-18-7-5-17(6-8-18)23-12-9-15-13-16(14-21-19(15)23)20(24)22-10-3-2-4-11-22/h5-9,12-14H,2-4,10-11H2,1H3. The number of ether oxygens (including phenoxy) is 1. The molecule has 0 atom stereocenters. The van der Waals surface area contributed by atoms with Crippen molar-refractivity contribution < 1.29 is 9.53 Å². The molecule has 3 aromatic rings. The highest BCUT2D eigenvalue weighted by atomic mass is 16.5. The third-order valence-electron chi connectivity index (χ3n) is 4.77. The van der Waals surface area contributed by atoms with E-state index in [9.17, 15) is 4.79 Å². The predicted molar refractivity (Wildman–Crippen MR) is 97.4 cm³/mol. The SMILES string of the molecule is COc1ccc(-n2ccc3cc(C(=O)N4CCCCC4)cnc32)cc1. The Morgan fingerprint density at radius 1 is 1.08 bits per heavy atom. The van der Waals surface area contributed by atoms with Crippen LogP contribution in [0, 0.1) is 0 Å². The van der Waals surface area contributed by atoms with Gasteiger partial charge in [0, 0.05) is 36.6 Å². The normalized spacial score (nSPS) is 14.7. The molecule has 1 aliphatic heterocycles. The monoisotopic (exact) mass is 335 g/mol. The van der Waals surface area contributed by atoms with Crippen molar-refractivity contribution in [2.75, 3.05) is 20.2 Å². The molecule has 0 bridgehead atoms. The lowest BCUT2D eigenvalue weighted by Crippen LogP contribution is -2.35. The van der Waals surface area contributed by atoms with Crippen LogP contribution in [0.1, 0.15) is 29.6 Å². The first kappa shape index (κ1) is 15.7. The largest absolute Gasteiger partial charge is 0.497 e. The smallest absolute Gasteiger partial charge is 0.255 e. The van der Waals surface area contributed by atoms with E-state index in [-0.39, 0.29) is 5.91 Å². The molecular weight excluding hydrogens is 314 g/mol. The van der Waals surface area contributed by atoms with Crippen molar-refractivity contribution in [3.05, 3.63) is 54.4 Å². The Morgan fingerprint density at radius 3 is 2.56 bits per heavy atom. The number of carbonyl (C=O) groups is 1. The van der Waals surface area contributed by atoms with E-state index < -0.39 is 0 Å². The van der Waals surface area contributed by atoms with E-state index in [2.05, 4.69) is 4.98 Å². The molecule has 1 aliphatic rings. The zero-order chi connectivity index (χ0) is 17.2. The minimum atomic E-state index is 0.0892. The van der Waals surface area contributed by atoms with Crippen molar-refractivity contribution in [1.29, 1.82) is 0 Å². The number of rotatable bonds is 3. The van der Waals surface area contributed by atoms with Crippen LogP contribution < -0.4 is 4.74 Å². The number of hydrogen-bond acceptors (Lipinski definition) is 3. The molecule has 0 unspecified atom stereocenters. The predicted octanol–water partition coefficient (Wildman–Crippen LogP) is 3.66. The second-order valence-electron chi connectivity index (χ2n) is 6.37. The van der Waals surface area contributed by atoms with Crippen molar-refractivity contribution in [2.24, 2.45) is 0 Å². The fourth-order valence-corrected chi connectivity index (χ4v) is 3.37. The minimum absolute atomic E-state index is 0.0892. The fourth-order valence-electron chi connectivity index (χ4n) is 3.37. The highest BCUT2D eigenvalue weighted by Gasteiger charge is 2.19. The summed E-state index contributed by atoms with van der Waals surface area (Å²) in [5.41, 5.74) is 2.53. The quantitative estimate of drug-likeness (QED) is 0.734. The minimum Gasteiger partial charge on any atom is -0.497 e. The van der Waals surface area contributed by atoms with Crippen LogP contribution in [0.2, 0.25) is 0 Å². The molecule has 2 aromatic heterocycles. The van der Waals surface area contributed by atoms with Gasteiger partial charge in [0.1, 0.15) is 11.4 Å². The number of carbonyl (C=O) groups excluding carboxylic acids is 1. The Labute approximate surface area is 146 Å². The molecule has 0 spiro atoms. The van der Waals surface area contributed by atoms with Crippen molar-refractivity contribution >= 4 is 16.9 Å². The van der Waals surface area contributed by atoms with Gasteiger partial charge in [0.15, 0.2) is 0 Å². The van der Waals surface area contributed by atoms with Gasteiger partial charge in [0.2, 0.25) is 0 Å². The van der Waals surface area contributed by atoms with E-state index in [1.807, 2.05) is 52.1 Å². The average molecular weight is 335 g/mol. The summed E-state index contributed by atoms with van der Waals surface area (Å²) in [4.78, 5) is 19.2. The third kappa shape index (κ3) is 2.97. The highest BCUT2D eigenvalue weighted by molar-refractivity contribution is 5.97. The molecule has 1 saturated heterocycles. The van der Waals surface area contributed by atoms with Crippen LogP contribution in [0.3, 0.4) is 0 Å². The van der Waals surface area contributed by atoms with Gasteiger partial charge in [0.25, 0.3) is 5.91 Å².